The van der Waals surface area contributed by atoms with Crippen LogP contribution in [0.25, 0.3) is 11.1 Å². The van der Waals surface area contributed by atoms with E-state index in [1.165, 1.54) is 36.3 Å². The Morgan fingerprint density at radius 2 is 1.71 bits per heavy atom. The predicted octanol–water partition coefficient (Wildman–Crippen LogP) is 2.79. The van der Waals surface area contributed by atoms with Crippen LogP contribution in [0, 0.1) is 11.8 Å². The summed E-state index contributed by atoms with van der Waals surface area (Å²) < 4.78 is 0. The van der Waals surface area contributed by atoms with Gasteiger partial charge in [0.05, 0.1) is 11.9 Å². The van der Waals surface area contributed by atoms with Crippen molar-refractivity contribution in [2.45, 2.75) is 6.42 Å². The molecule has 0 radical (unpaired) electrons. The first kappa shape index (κ1) is 12.8. The second kappa shape index (κ2) is 5.49. The quantitative estimate of drug-likeness (QED) is 0.916. The highest BCUT2D eigenvalue weighted by Crippen LogP contribution is 2.30. The molecule has 2 atom stereocenters. The lowest BCUT2D eigenvalue weighted by atomic mass is 9.85. The van der Waals surface area contributed by atoms with Gasteiger partial charge in [-0.3, -0.25) is 4.98 Å². The molecule has 2 aliphatic heterocycles. The van der Waals surface area contributed by atoms with Crippen molar-refractivity contribution in [1.82, 2.24) is 10.3 Å². The maximum absolute atomic E-state index is 4.47. The normalized spacial score (nSPS) is 24.9. The third-order valence-corrected chi connectivity index (χ3v) is 4.69. The van der Waals surface area contributed by atoms with Gasteiger partial charge in [0.25, 0.3) is 0 Å². The lowest BCUT2D eigenvalue weighted by molar-refractivity contribution is 0.249. The molecule has 0 aliphatic carbocycles. The average molecular weight is 279 g/mol. The minimum absolute atomic E-state index is 0.790. The van der Waals surface area contributed by atoms with Crippen LogP contribution in [0.4, 0.5) is 5.69 Å². The number of benzene rings is 1. The molecule has 1 aromatic heterocycles. The number of rotatable bonds is 2. The van der Waals surface area contributed by atoms with Crippen LogP contribution < -0.4 is 10.2 Å². The van der Waals surface area contributed by atoms with Gasteiger partial charge in [0.15, 0.2) is 0 Å². The maximum atomic E-state index is 4.47. The fourth-order valence-corrected chi connectivity index (χ4v) is 3.71. The Balaban J connectivity index is 1.61. The molecule has 2 saturated heterocycles. The van der Waals surface area contributed by atoms with E-state index in [9.17, 15) is 0 Å². The number of nitrogens with zero attached hydrogens (tertiary/aromatic N) is 2. The van der Waals surface area contributed by atoms with Crippen LogP contribution in [0.3, 0.4) is 0 Å². The zero-order valence-corrected chi connectivity index (χ0v) is 12.2. The van der Waals surface area contributed by atoms with Crippen molar-refractivity contribution in [3.63, 3.8) is 0 Å². The molecule has 4 rings (SSSR count). The van der Waals surface area contributed by atoms with Crippen LogP contribution in [0.2, 0.25) is 0 Å². The molecule has 1 aromatic carbocycles. The van der Waals surface area contributed by atoms with E-state index in [-0.39, 0.29) is 0 Å². The topological polar surface area (TPSA) is 28.2 Å². The Hall–Kier alpha value is -1.87. The number of anilines is 1. The second-order valence-corrected chi connectivity index (χ2v) is 6.33. The van der Waals surface area contributed by atoms with Crippen molar-refractivity contribution in [1.29, 1.82) is 0 Å². The van der Waals surface area contributed by atoms with Crippen LogP contribution in [0.1, 0.15) is 6.42 Å². The fraction of sp³-hybridized carbons (Fsp3) is 0.389. The molecule has 108 valence electrons. The first-order valence-electron chi connectivity index (χ1n) is 7.84. The van der Waals surface area contributed by atoms with Crippen LogP contribution in [-0.2, 0) is 0 Å². The molecule has 2 unspecified atom stereocenters. The third kappa shape index (κ3) is 2.66. The van der Waals surface area contributed by atoms with E-state index >= 15 is 0 Å². The van der Waals surface area contributed by atoms with Gasteiger partial charge in [0.2, 0.25) is 0 Å². The summed E-state index contributed by atoms with van der Waals surface area (Å²) in [5.74, 6) is 1.58. The minimum Gasteiger partial charge on any atom is -0.370 e. The van der Waals surface area contributed by atoms with Crippen LogP contribution in [0.5, 0.6) is 0 Å². The smallest absolute Gasteiger partial charge is 0.0559 e. The summed E-state index contributed by atoms with van der Waals surface area (Å²) in [5, 5.41) is 3.55. The molecule has 2 bridgehead atoms. The zero-order valence-electron chi connectivity index (χ0n) is 12.2. The van der Waals surface area contributed by atoms with E-state index in [4.69, 9.17) is 0 Å². The molecular formula is C18H21N3. The summed E-state index contributed by atoms with van der Waals surface area (Å²) in [6.45, 7) is 4.64. The van der Waals surface area contributed by atoms with E-state index in [1.54, 1.807) is 0 Å². The standard InChI is InChI=1S/C18H21N3/c1-2-4-16(5-3-1)17-7-18(11-20-10-17)21-12-14-6-15(13-21)9-19-8-14/h1-5,7,10-11,14-15,19H,6,8-9,12-13H2. The Labute approximate surface area is 126 Å². The van der Waals surface area contributed by atoms with Crippen LogP contribution in [0.15, 0.2) is 48.8 Å². The van der Waals surface area contributed by atoms with Gasteiger partial charge < -0.3 is 10.2 Å². The summed E-state index contributed by atoms with van der Waals surface area (Å²) in [6, 6.07) is 12.8. The predicted molar refractivity (Wildman–Crippen MR) is 86.4 cm³/mol. The van der Waals surface area contributed by atoms with E-state index in [0.717, 1.165) is 24.9 Å². The van der Waals surface area contributed by atoms with Crippen LogP contribution >= 0.6 is 0 Å². The molecule has 3 nitrogen and oxygen atoms in total. The number of piperidine rings is 2. The van der Waals surface area contributed by atoms with Crippen LogP contribution in [-0.4, -0.2) is 31.2 Å². The highest BCUT2D eigenvalue weighted by molar-refractivity contribution is 5.67. The molecule has 0 amide bonds. The average Bonchev–Trinajstić information content (AvgIpc) is 2.55. The molecule has 3 heterocycles. The van der Waals surface area contributed by atoms with Crippen molar-refractivity contribution in [3.8, 4) is 11.1 Å². The highest BCUT2D eigenvalue weighted by Gasteiger charge is 2.30. The molecule has 1 N–H and O–H groups in total. The van der Waals surface area contributed by atoms with E-state index in [1.807, 2.05) is 12.4 Å². The van der Waals surface area contributed by atoms with Crippen molar-refractivity contribution < 1.29 is 0 Å². The summed E-state index contributed by atoms with van der Waals surface area (Å²) >= 11 is 0. The Kier molecular flexibility index (Phi) is 3.36. The molecule has 2 aliphatic rings. The second-order valence-electron chi connectivity index (χ2n) is 6.33. The van der Waals surface area contributed by atoms with Crippen molar-refractivity contribution in [2.75, 3.05) is 31.1 Å². The monoisotopic (exact) mass is 279 g/mol. The summed E-state index contributed by atoms with van der Waals surface area (Å²) in [5.41, 5.74) is 3.72. The van der Waals surface area contributed by atoms with Gasteiger partial charge in [-0.1, -0.05) is 30.3 Å². The summed E-state index contributed by atoms with van der Waals surface area (Å²) in [4.78, 5) is 7.00. The molecule has 2 fully saturated rings. The molecule has 2 aromatic rings. The van der Waals surface area contributed by atoms with Gasteiger partial charge in [-0.25, -0.2) is 0 Å². The number of hydrogen-bond acceptors (Lipinski definition) is 3. The summed E-state index contributed by atoms with van der Waals surface area (Å²) in [6.07, 6.45) is 5.36. The van der Waals surface area contributed by atoms with E-state index in [0.29, 0.717) is 0 Å². The van der Waals surface area contributed by atoms with Gasteiger partial charge in [0, 0.05) is 24.8 Å². The lowest BCUT2D eigenvalue weighted by Gasteiger charge is -2.42. The van der Waals surface area contributed by atoms with Crippen molar-refractivity contribution in [2.24, 2.45) is 11.8 Å². The van der Waals surface area contributed by atoms with E-state index in [2.05, 4.69) is 51.6 Å². The largest absolute Gasteiger partial charge is 0.370 e. The number of hydrogen-bond donors (Lipinski definition) is 1. The van der Waals surface area contributed by atoms with Gasteiger partial charge >= 0.3 is 0 Å². The third-order valence-electron chi connectivity index (χ3n) is 4.69. The maximum Gasteiger partial charge on any atom is 0.0559 e. The summed E-state index contributed by atoms with van der Waals surface area (Å²) in [7, 11) is 0. The SMILES string of the molecule is c1ccc(-c2cncc(N3CC4CNCC(C4)C3)c2)cc1. The number of aromatic nitrogens is 1. The minimum atomic E-state index is 0.790. The van der Waals surface area contributed by atoms with Gasteiger partial charge in [-0.2, -0.15) is 0 Å². The van der Waals surface area contributed by atoms with Gasteiger partial charge in [-0.15, -0.1) is 0 Å². The number of nitrogens with one attached hydrogen (secondary N) is 1. The number of fused-ring (bicyclic) bond motifs is 2. The Morgan fingerprint density at radius 3 is 2.48 bits per heavy atom. The lowest BCUT2D eigenvalue weighted by Crippen LogP contribution is -2.51. The molecule has 3 heteroatoms. The number of pyridine rings is 1. The van der Waals surface area contributed by atoms with E-state index < -0.39 is 0 Å². The van der Waals surface area contributed by atoms with Crippen molar-refractivity contribution >= 4 is 5.69 Å². The first-order chi connectivity index (χ1) is 10.4. The fourth-order valence-electron chi connectivity index (χ4n) is 3.71. The highest BCUT2D eigenvalue weighted by atomic mass is 15.2. The molecule has 0 spiro atoms. The zero-order chi connectivity index (χ0) is 14.1. The molecule has 21 heavy (non-hydrogen) atoms. The molecular weight excluding hydrogens is 258 g/mol. The van der Waals surface area contributed by atoms with Gasteiger partial charge in [0.1, 0.15) is 0 Å². The first-order valence-corrected chi connectivity index (χ1v) is 7.84. The van der Waals surface area contributed by atoms with Crippen molar-refractivity contribution in [3.05, 3.63) is 48.8 Å². The van der Waals surface area contributed by atoms with Gasteiger partial charge in [-0.05, 0) is 43.0 Å². The Bertz CT molecular complexity index is 599. The molecule has 0 saturated carbocycles. The Morgan fingerprint density at radius 1 is 0.952 bits per heavy atom.